The van der Waals surface area contributed by atoms with Gasteiger partial charge >= 0.3 is 6.18 Å². The second-order valence-electron chi connectivity index (χ2n) is 5.99. The fraction of sp³-hybridized carbons (Fsp3) is 0.211. The number of hydrogen-bond acceptors (Lipinski definition) is 5. The summed E-state index contributed by atoms with van der Waals surface area (Å²) in [5.41, 5.74) is 1.31. The Balaban J connectivity index is 1.49. The van der Waals surface area contributed by atoms with Gasteiger partial charge in [0.1, 0.15) is 11.6 Å². The Morgan fingerprint density at radius 1 is 1.10 bits per heavy atom. The summed E-state index contributed by atoms with van der Waals surface area (Å²) in [4.78, 5) is 28.4. The average Bonchev–Trinajstić information content (AvgIpc) is 3.08. The van der Waals surface area contributed by atoms with Crippen LogP contribution < -0.4 is 10.6 Å². The minimum Gasteiger partial charge on any atom is -0.343 e. The Morgan fingerprint density at radius 3 is 2.66 bits per heavy atom. The van der Waals surface area contributed by atoms with Gasteiger partial charge in [-0.3, -0.25) is 9.59 Å². The van der Waals surface area contributed by atoms with Crippen molar-refractivity contribution in [2.75, 3.05) is 17.6 Å². The van der Waals surface area contributed by atoms with Crippen molar-refractivity contribution in [1.82, 2.24) is 10.3 Å². The van der Waals surface area contributed by atoms with Gasteiger partial charge in [0.25, 0.3) is 5.91 Å². The number of aromatic nitrogens is 1. The zero-order valence-electron chi connectivity index (χ0n) is 15.0. The lowest BCUT2D eigenvalue weighted by Gasteiger charge is -2.10. The topological polar surface area (TPSA) is 71.1 Å². The predicted molar refractivity (Wildman–Crippen MR) is 109 cm³/mol. The SMILES string of the molecule is O=C(CSCc1nc2ccccc2s1)Nc1cccc(C(=O)NCC(F)(F)F)c1. The Labute approximate surface area is 172 Å². The van der Waals surface area contributed by atoms with E-state index in [9.17, 15) is 22.8 Å². The molecule has 0 spiro atoms. The van der Waals surface area contributed by atoms with Crippen molar-refractivity contribution >= 4 is 50.8 Å². The number of thioether (sulfide) groups is 1. The number of thiazole rings is 1. The first-order valence-electron chi connectivity index (χ1n) is 8.47. The number of fused-ring (bicyclic) bond motifs is 1. The van der Waals surface area contributed by atoms with Crippen molar-refractivity contribution in [3.05, 3.63) is 59.1 Å². The van der Waals surface area contributed by atoms with Crippen molar-refractivity contribution < 1.29 is 22.8 Å². The largest absolute Gasteiger partial charge is 0.405 e. The number of halogens is 3. The average molecular weight is 439 g/mol. The number of benzene rings is 2. The molecule has 0 radical (unpaired) electrons. The second-order valence-corrected chi connectivity index (χ2v) is 8.10. The second kappa shape index (κ2) is 9.27. The van der Waals surface area contributed by atoms with Gasteiger partial charge in [0.2, 0.25) is 5.91 Å². The molecule has 5 nitrogen and oxygen atoms in total. The van der Waals surface area contributed by atoms with E-state index in [0.29, 0.717) is 11.4 Å². The van der Waals surface area contributed by atoms with Crippen LogP contribution in [0.4, 0.5) is 18.9 Å². The Bertz CT molecular complexity index is 988. The summed E-state index contributed by atoms with van der Waals surface area (Å²) in [6, 6.07) is 13.6. The molecule has 0 aliphatic carbocycles. The lowest BCUT2D eigenvalue weighted by Crippen LogP contribution is -2.33. The summed E-state index contributed by atoms with van der Waals surface area (Å²) in [6.07, 6.45) is -4.48. The maximum Gasteiger partial charge on any atom is 0.405 e. The third-order valence-electron chi connectivity index (χ3n) is 3.65. The van der Waals surface area contributed by atoms with Crippen LogP contribution in [-0.2, 0) is 10.5 Å². The lowest BCUT2D eigenvalue weighted by atomic mass is 10.2. The van der Waals surface area contributed by atoms with Gasteiger partial charge in [-0.2, -0.15) is 13.2 Å². The van der Waals surface area contributed by atoms with Crippen LogP contribution in [0, 0.1) is 0 Å². The normalized spacial score (nSPS) is 11.4. The van der Waals surface area contributed by atoms with Crippen LogP contribution in [0.3, 0.4) is 0 Å². The van der Waals surface area contributed by atoms with Crippen LogP contribution in [0.1, 0.15) is 15.4 Å². The van der Waals surface area contributed by atoms with E-state index in [1.165, 1.54) is 30.0 Å². The molecule has 152 valence electrons. The summed E-state index contributed by atoms with van der Waals surface area (Å²) < 4.78 is 37.7. The lowest BCUT2D eigenvalue weighted by molar-refractivity contribution is -0.123. The number of hydrogen-bond donors (Lipinski definition) is 2. The molecule has 3 aromatic rings. The highest BCUT2D eigenvalue weighted by Gasteiger charge is 2.27. The summed E-state index contributed by atoms with van der Waals surface area (Å²) >= 11 is 2.98. The van der Waals surface area contributed by atoms with Gasteiger partial charge in [-0.25, -0.2) is 4.98 Å². The third kappa shape index (κ3) is 6.47. The Morgan fingerprint density at radius 2 is 1.90 bits per heavy atom. The van der Waals surface area contributed by atoms with Gasteiger partial charge in [0.05, 0.1) is 16.0 Å². The van der Waals surface area contributed by atoms with Crippen molar-refractivity contribution in [2.24, 2.45) is 0 Å². The first-order chi connectivity index (χ1) is 13.8. The molecule has 2 amide bonds. The van der Waals surface area contributed by atoms with Gasteiger partial charge in [-0.05, 0) is 30.3 Å². The van der Waals surface area contributed by atoms with E-state index in [1.54, 1.807) is 22.7 Å². The van der Waals surface area contributed by atoms with Crippen LogP contribution >= 0.6 is 23.1 Å². The highest BCUT2D eigenvalue weighted by atomic mass is 32.2. The maximum atomic E-state index is 12.2. The quantitative estimate of drug-likeness (QED) is 0.570. The van der Waals surface area contributed by atoms with Gasteiger partial charge in [-0.15, -0.1) is 23.1 Å². The monoisotopic (exact) mass is 439 g/mol. The molecule has 0 unspecified atom stereocenters. The van der Waals surface area contributed by atoms with Crippen LogP contribution in [-0.4, -0.2) is 35.3 Å². The van der Waals surface area contributed by atoms with E-state index in [-0.39, 0.29) is 17.2 Å². The zero-order valence-corrected chi connectivity index (χ0v) is 16.6. The third-order valence-corrected chi connectivity index (χ3v) is 5.82. The minimum absolute atomic E-state index is 0.0363. The van der Waals surface area contributed by atoms with Gasteiger partial charge in [0.15, 0.2) is 0 Å². The van der Waals surface area contributed by atoms with E-state index in [1.807, 2.05) is 24.3 Å². The number of para-hydroxylation sites is 1. The molecule has 0 aliphatic rings. The van der Waals surface area contributed by atoms with E-state index < -0.39 is 18.6 Å². The highest BCUT2D eigenvalue weighted by Crippen LogP contribution is 2.24. The molecule has 1 heterocycles. The van der Waals surface area contributed by atoms with Gasteiger partial charge in [-0.1, -0.05) is 18.2 Å². The summed E-state index contributed by atoms with van der Waals surface area (Å²) in [7, 11) is 0. The van der Waals surface area contributed by atoms with Crippen LogP contribution in [0.15, 0.2) is 48.5 Å². The van der Waals surface area contributed by atoms with E-state index in [2.05, 4.69) is 10.3 Å². The molecule has 10 heteroatoms. The Kier molecular flexibility index (Phi) is 6.75. The number of amides is 2. The molecule has 29 heavy (non-hydrogen) atoms. The first kappa shape index (κ1) is 21.1. The summed E-state index contributed by atoms with van der Waals surface area (Å²) in [5, 5.41) is 5.36. The van der Waals surface area contributed by atoms with Crippen molar-refractivity contribution in [3.8, 4) is 0 Å². The molecule has 0 bridgehead atoms. The van der Waals surface area contributed by atoms with Crippen LogP contribution in [0.25, 0.3) is 10.2 Å². The standard InChI is InChI=1S/C19H16F3N3O2S2/c20-19(21,22)11-23-18(27)12-4-3-5-13(8-12)24-16(26)9-28-10-17-25-14-6-1-2-7-15(14)29-17/h1-8H,9-11H2,(H,23,27)(H,24,26). The smallest absolute Gasteiger partial charge is 0.343 e. The Hall–Kier alpha value is -2.59. The minimum atomic E-state index is -4.48. The molecular formula is C19H16F3N3O2S2. The van der Waals surface area contributed by atoms with Crippen LogP contribution in [0.2, 0.25) is 0 Å². The molecule has 2 aromatic carbocycles. The highest BCUT2D eigenvalue weighted by molar-refractivity contribution is 7.99. The summed E-state index contributed by atoms with van der Waals surface area (Å²) in [6.45, 7) is -1.41. The fourth-order valence-electron chi connectivity index (χ4n) is 2.43. The number of rotatable bonds is 7. The molecule has 3 rings (SSSR count). The molecule has 0 aliphatic heterocycles. The molecule has 0 fully saturated rings. The molecule has 0 saturated heterocycles. The summed E-state index contributed by atoms with van der Waals surface area (Å²) in [5.74, 6) is -0.361. The number of carbonyl (C=O) groups is 2. The van der Waals surface area contributed by atoms with Crippen LogP contribution in [0.5, 0.6) is 0 Å². The molecule has 0 saturated carbocycles. The van der Waals surface area contributed by atoms with Gasteiger partial charge < -0.3 is 10.6 Å². The predicted octanol–water partition coefficient (Wildman–Crippen LogP) is 4.46. The number of alkyl halides is 3. The first-order valence-corrected chi connectivity index (χ1v) is 10.4. The molecule has 2 N–H and O–H groups in total. The molecule has 1 aromatic heterocycles. The van der Waals surface area contributed by atoms with Gasteiger partial charge in [0, 0.05) is 17.0 Å². The number of anilines is 1. The van der Waals surface area contributed by atoms with Crippen molar-refractivity contribution in [3.63, 3.8) is 0 Å². The van der Waals surface area contributed by atoms with Crippen molar-refractivity contribution in [1.29, 1.82) is 0 Å². The zero-order chi connectivity index (χ0) is 20.9. The fourth-order valence-corrected chi connectivity index (χ4v) is 4.28. The van der Waals surface area contributed by atoms with E-state index in [4.69, 9.17) is 0 Å². The van der Waals surface area contributed by atoms with E-state index in [0.717, 1.165) is 15.2 Å². The maximum absolute atomic E-state index is 12.2. The molecular weight excluding hydrogens is 423 g/mol. The number of carbonyl (C=O) groups excluding carboxylic acids is 2. The molecule has 0 atom stereocenters. The van der Waals surface area contributed by atoms with E-state index >= 15 is 0 Å². The van der Waals surface area contributed by atoms with Crippen molar-refractivity contribution in [2.45, 2.75) is 11.9 Å². The number of nitrogens with one attached hydrogen (secondary N) is 2. The number of nitrogens with zero attached hydrogens (tertiary/aromatic N) is 1.